The maximum atomic E-state index is 15.2. The average Bonchev–Trinajstić information content (AvgIpc) is 2.78. The summed E-state index contributed by atoms with van der Waals surface area (Å²) in [4.78, 5) is 21.3. The Labute approximate surface area is 189 Å². The number of benzene rings is 1. The number of aromatic hydroxyl groups is 1. The summed E-state index contributed by atoms with van der Waals surface area (Å²) >= 11 is 0. The van der Waals surface area contributed by atoms with Crippen LogP contribution in [0, 0.1) is 17.6 Å². The van der Waals surface area contributed by atoms with E-state index in [1.54, 1.807) is 12.4 Å². The normalized spacial score (nSPS) is 24.4. The van der Waals surface area contributed by atoms with E-state index in [0.29, 0.717) is 11.3 Å². The number of nitrogens with one attached hydrogen (secondary N) is 1. The van der Waals surface area contributed by atoms with Crippen molar-refractivity contribution >= 4 is 11.6 Å². The first-order chi connectivity index (χ1) is 15.8. The van der Waals surface area contributed by atoms with E-state index < -0.39 is 23.2 Å². The molecule has 1 aliphatic heterocycles. The Kier molecular flexibility index (Phi) is 5.32. The van der Waals surface area contributed by atoms with Gasteiger partial charge in [-0.1, -0.05) is 6.92 Å². The van der Waals surface area contributed by atoms with Crippen molar-refractivity contribution in [1.29, 1.82) is 0 Å². The summed E-state index contributed by atoms with van der Waals surface area (Å²) in [5.74, 6) is -2.47. The van der Waals surface area contributed by atoms with Gasteiger partial charge in [-0.3, -0.25) is 9.78 Å². The van der Waals surface area contributed by atoms with Crippen LogP contribution in [0.4, 0.5) is 14.5 Å². The summed E-state index contributed by atoms with van der Waals surface area (Å²) in [6.45, 7) is 1.98. The lowest BCUT2D eigenvalue weighted by atomic mass is 9.69. The second-order valence-electron chi connectivity index (χ2n) is 9.05. The molecule has 4 unspecified atom stereocenters. The molecular weight excluding hydrogens is 426 g/mol. The molecule has 1 aromatic carbocycles. The van der Waals surface area contributed by atoms with E-state index >= 15 is 4.39 Å². The van der Waals surface area contributed by atoms with Crippen LogP contribution in [0.25, 0.3) is 11.3 Å². The lowest BCUT2D eigenvalue weighted by Crippen LogP contribution is -2.34. The molecule has 1 aliphatic carbocycles. The summed E-state index contributed by atoms with van der Waals surface area (Å²) in [7, 11) is 0. The Morgan fingerprint density at radius 3 is 2.73 bits per heavy atom. The van der Waals surface area contributed by atoms with Crippen LogP contribution < -0.4 is 11.1 Å². The number of halogens is 2. The third kappa shape index (κ3) is 3.84. The maximum Gasteiger partial charge on any atom is 0.277 e. The number of phenols is 1. The minimum atomic E-state index is -0.814. The molecule has 8 heteroatoms. The third-order valence-corrected chi connectivity index (χ3v) is 6.94. The summed E-state index contributed by atoms with van der Waals surface area (Å²) < 4.78 is 29.8. The largest absolute Gasteiger partial charge is 0.508 e. The van der Waals surface area contributed by atoms with Crippen molar-refractivity contribution < 1.29 is 18.7 Å². The monoisotopic (exact) mass is 450 g/mol. The molecule has 4 bridgehead atoms. The standard InChI is InChI=1S/C25H24F2N4O2/c1-12-13-6-14(8-15(28)7-13)17-4-5-29-11-22(17)31-25(33)24-19(26)2-3-21(30-24)23-18(12)9-16(32)10-20(23)27/h2-5,9-15,32H,6-8,28H2,1H3,(H,31,33). The number of aromatic nitrogens is 2. The fourth-order valence-electron chi connectivity index (χ4n) is 5.35. The second kappa shape index (κ2) is 8.19. The molecule has 33 heavy (non-hydrogen) atoms. The number of pyridine rings is 2. The van der Waals surface area contributed by atoms with Crippen LogP contribution in [0.3, 0.4) is 0 Å². The van der Waals surface area contributed by atoms with E-state index in [1.165, 1.54) is 12.1 Å². The highest BCUT2D eigenvalue weighted by atomic mass is 19.1. The number of phenolic OH excluding ortho intramolecular Hbond substituents is 1. The molecule has 0 radical (unpaired) electrons. The molecular formula is C25H24F2N4O2. The first kappa shape index (κ1) is 21.5. The summed E-state index contributed by atoms with van der Waals surface area (Å²) in [6.07, 6.45) is 5.42. The van der Waals surface area contributed by atoms with E-state index in [0.717, 1.165) is 37.0 Å². The Hall–Kier alpha value is -3.39. The molecule has 1 saturated carbocycles. The zero-order valence-electron chi connectivity index (χ0n) is 18.1. The number of amides is 1. The van der Waals surface area contributed by atoms with Crippen LogP contribution in [0.15, 0.2) is 42.7 Å². The van der Waals surface area contributed by atoms with Gasteiger partial charge in [0.25, 0.3) is 5.91 Å². The number of rotatable bonds is 0. The number of hydrogen-bond acceptors (Lipinski definition) is 5. The van der Waals surface area contributed by atoms with E-state index in [-0.39, 0.29) is 40.8 Å². The van der Waals surface area contributed by atoms with E-state index in [9.17, 15) is 14.3 Å². The fraction of sp³-hybridized carbons (Fsp3) is 0.320. The van der Waals surface area contributed by atoms with Gasteiger partial charge in [0.1, 0.15) is 11.6 Å². The van der Waals surface area contributed by atoms with Gasteiger partial charge >= 0.3 is 0 Å². The van der Waals surface area contributed by atoms with E-state index in [1.807, 2.05) is 13.0 Å². The lowest BCUT2D eigenvalue weighted by Gasteiger charge is -2.37. The van der Waals surface area contributed by atoms with Crippen LogP contribution in [-0.2, 0) is 0 Å². The van der Waals surface area contributed by atoms with Crippen molar-refractivity contribution in [1.82, 2.24) is 9.97 Å². The number of carbonyl (C=O) groups excluding carboxylic acids is 1. The van der Waals surface area contributed by atoms with Crippen molar-refractivity contribution in [3.8, 4) is 17.0 Å². The smallest absolute Gasteiger partial charge is 0.277 e. The van der Waals surface area contributed by atoms with Crippen LogP contribution in [-0.4, -0.2) is 27.0 Å². The van der Waals surface area contributed by atoms with Gasteiger partial charge in [0.05, 0.1) is 17.6 Å². The van der Waals surface area contributed by atoms with Crippen molar-refractivity contribution in [3.05, 3.63) is 71.2 Å². The summed E-state index contributed by atoms with van der Waals surface area (Å²) in [6, 6.07) is 6.75. The molecule has 170 valence electrons. The first-order valence-electron chi connectivity index (χ1n) is 11.0. The van der Waals surface area contributed by atoms with E-state index in [4.69, 9.17) is 5.73 Å². The Bertz CT molecular complexity index is 1250. The molecule has 3 aromatic rings. The SMILES string of the molecule is CC1c2cc(O)cc(F)c2-c2ccc(F)c(n2)C(=O)Nc2cnccc2C2CC(N)CC1C2. The highest BCUT2D eigenvalue weighted by Crippen LogP contribution is 2.46. The minimum Gasteiger partial charge on any atom is -0.508 e. The Morgan fingerprint density at radius 2 is 1.91 bits per heavy atom. The van der Waals surface area contributed by atoms with Gasteiger partial charge in [-0.2, -0.15) is 0 Å². The molecule has 6 nitrogen and oxygen atoms in total. The van der Waals surface area contributed by atoms with Crippen LogP contribution in [0.5, 0.6) is 5.75 Å². The van der Waals surface area contributed by atoms with Gasteiger partial charge in [-0.05, 0) is 72.4 Å². The first-order valence-corrected chi connectivity index (χ1v) is 11.0. The average molecular weight is 450 g/mol. The molecule has 3 heterocycles. The van der Waals surface area contributed by atoms with Gasteiger partial charge in [-0.25, -0.2) is 13.8 Å². The topological polar surface area (TPSA) is 101 Å². The molecule has 4 atom stereocenters. The highest BCUT2D eigenvalue weighted by molar-refractivity contribution is 6.03. The van der Waals surface area contributed by atoms with Crippen molar-refractivity contribution in [2.75, 3.05) is 5.32 Å². The number of nitrogens with two attached hydrogens (primary N) is 1. The predicted octanol–water partition coefficient (Wildman–Crippen LogP) is 4.71. The summed E-state index contributed by atoms with van der Waals surface area (Å²) in [5, 5.41) is 12.9. The van der Waals surface area contributed by atoms with Crippen LogP contribution in [0.1, 0.15) is 59.6 Å². The molecule has 0 saturated heterocycles. The van der Waals surface area contributed by atoms with Crippen LogP contribution in [0.2, 0.25) is 0 Å². The molecule has 1 amide bonds. The van der Waals surface area contributed by atoms with Gasteiger partial charge in [0, 0.05) is 23.9 Å². The Balaban J connectivity index is 1.76. The van der Waals surface area contributed by atoms with E-state index in [2.05, 4.69) is 15.3 Å². The van der Waals surface area contributed by atoms with Crippen LogP contribution >= 0.6 is 0 Å². The molecule has 0 spiro atoms. The molecule has 2 aromatic heterocycles. The predicted molar refractivity (Wildman–Crippen MR) is 120 cm³/mol. The zero-order valence-corrected chi connectivity index (χ0v) is 18.1. The lowest BCUT2D eigenvalue weighted by molar-refractivity contribution is 0.101. The molecule has 1 fully saturated rings. The second-order valence-corrected chi connectivity index (χ2v) is 9.05. The van der Waals surface area contributed by atoms with Gasteiger partial charge in [-0.15, -0.1) is 0 Å². The van der Waals surface area contributed by atoms with Crippen molar-refractivity contribution in [2.24, 2.45) is 11.7 Å². The number of nitrogens with zero attached hydrogens (tertiary/aromatic N) is 2. The number of fused-ring (bicyclic) bond motifs is 8. The van der Waals surface area contributed by atoms with Crippen molar-refractivity contribution in [3.63, 3.8) is 0 Å². The minimum absolute atomic E-state index is 0.0341. The van der Waals surface area contributed by atoms with Gasteiger partial charge in [0.2, 0.25) is 0 Å². The maximum absolute atomic E-state index is 15.2. The van der Waals surface area contributed by atoms with Gasteiger partial charge < -0.3 is 16.2 Å². The molecule has 4 N–H and O–H groups in total. The molecule has 5 rings (SSSR count). The Morgan fingerprint density at radius 1 is 1.09 bits per heavy atom. The van der Waals surface area contributed by atoms with Gasteiger partial charge in [0.15, 0.2) is 11.5 Å². The fourth-order valence-corrected chi connectivity index (χ4v) is 5.35. The number of hydrogen-bond donors (Lipinski definition) is 3. The highest BCUT2D eigenvalue weighted by Gasteiger charge is 2.35. The summed E-state index contributed by atoms with van der Waals surface area (Å²) in [5.41, 5.74) is 8.22. The quantitative estimate of drug-likeness (QED) is 0.461. The molecule has 2 aliphatic rings. The number of anilines is 1. The van der Waals surface area contributed by atoms with Crippen molar-refractivity contribution in [2.45, 2.75) is 44.1 Å². The zero-order chi connectivity index (χ0) is 23.3. The number of carbonyl (C=O) groups is 1. The third-order valence-electron chi connectivity index (χ3n) is 6.94.